The molecule has 3 amide bonds. The molecule has 0 radical (unpaired) electrons. The first-order chi connectivity index (χ1) is 52.1. The molecular weight excluding hydrogens is 1510 g/mol. The van der Waals surface area contributed by atoms with Crippen LogP contribution in [-0.4, -0.2) is 488 Å². The molecule has 0 unspecified atom stereocenters. The Morgan fingerprint density at radius 1 is 0.255 bits per heavy atom. The second kappa shape index (κ2) is 39.8. The highest BCUT2D eigenvalue weighted by Gasteiger charge is 2.61. The number of ether oxygens (including phenoxy) is 18. The molecule has 45 atom stereocenters. The van der Waals surface area contributed by atoms with Crippen LogP contribution in [0.15, 0.2) is 0 Å². The zero-order valence-corrected chi connectivity index (χ0v) is 59.1. The van der Waals surface area contributed by atoms with E-state index in [1.807, 2.05) is 0 Å². The summed E-state index contributed by atoms with van der Waals surface area (Å²) in [5.74, 6) is -2.66. The molecule has 49 nitrogen and oxygen atoms in total. The molecule has 0 aromatic carbocycles. The SMILES string of the molecule is COC[C@H]1O[C@@H](O[C@H]2[C@H](O)[C@@H](NC(C)=O)[C@H](O[C@@H]3[C@@H](O[C@@H]4[C@H](O)[C@H](O[C@H]5[C@H](O)[C@@H](NC(C)=O)[C@H](O[C@H]6[C@H](O)[C@@H](NC(C)=O)[C@H](O)O[C@@H]6CO)O[C@@H]5CO)O[C@H](CO[C@H]5O[C@H](CO[C@H]6O[C@H](CO)[C@@H](O)[C@H](O)[C@@H]6O)[C@@H](O)[C@H](O[C@H]6O[C@H](CO)[C@@H](O)[C@H](O)[C@@H]6O)[C@@H]5O)[C@H]4O)O[C@H](CO)[C@@H](O)[C@@H]3O)O[C@@H]2CO)[C@H](O)[C@@H](O)[C@H]1O. The van der Waals surface area contributed by atoms with E-state index >= 15 is 0 Å². The molecule has 9 aliphatic heterocycles. The van der Waals surface area contributed by atoms with Crippen molar-refractivity contribution in [1.29, 1.82) is 0 Å². The van der Waals surface area contributed by atoms with Crippen LogP contribution < -0.4 is 16.0 Å². The van der Waals surface area contributed by atoms with Gasteiger partial charge in [-0.2, -0.15) is 0 Å². The monoisotopic (exact) mass is 1610 g/mol. The largest absolute Gasteiger partial charge is 0.394 e. The summed E-state index contributed by atoms with van der Waals surface area (Å²) in [4.78, 5) is 38.1. The lowest BCUT2D eigenvalue weighted by molar-refractivity contribution is -0.398. The average molecular weight is 1610 g/mol. The van der Waals surface area contributed by atoms with E-state index in [1.165, 1.54) is 7.11 Å². The Bertz CT molecular complexity index is 2860. The van der Waals surface area contributed by atoms with Gasteiger partial charge in [-0.25, -0.2) is 0 Å². The third-order valence-corrected chi connectivity index (χ3v) is 20.1. The fourth-order valence-electron chi connectivity index (χ4n) is 14.1. The van der Waals surface area contributed by atoms with Crippen LogP contribution in [0.4, 0.5) is 0 Å². The standard InChI is InChI=1S/C61H103N3O46/c1-14(71)62-26-35(80)47(20(8-68)96-53(26)92)105-54-27(63-15(2)72)36(81)49(22(10-70)100-54)107-60-46(91)51(109-61-52(41(86)31(76)19(7-67)99-61)110-55-28(64-16(3)73)37(82)48(21(9-69)101-55)106-59-44(89)40(85)32(77)23(103-59)11-93-4)34(79)25(104-60)13-95-57-45(90)50(108-58-43(88)39(84)30(75)18(6-66)98-58)33(78)24(102-57)12-94-56-42(87)38(83)29(74)17(5-65)97-56/h17-61,65-70,74-92H,5-13H2,1-4H3,(H,62,71)(H,63,72)(H,64,73)/t17-,18-,19-,20-,21-,22-,23-,24-,25-,26-,27-,28-,29-,30-,31-,32+,33-,34-,35-,36-,37-,38+,39+,40+,41+,42+,43+,44-,45+,46+,47-,48-,49-,50+,51+,52+,53-,54+,55+,56+,57+,58-,59+,60+,61-/m1/s1. The predicted molar refractivity (Wildman–Crippen MR) is 337 cm³/mol. The number of amides is 3. The van der Waals surface area contributed by atoms with Crippen LogP contribution in [0.2, 0.25) is 0 Å². The summed E-state index contributed by atoms with van der Waals surface area (Å²) in [5.41, 5.74) is 0. The minimum absolute atomic E-state index is 0.375. The van der Waals surface area contributed by atoms with Crippen LogP contribution in [-0.2, 0) is 99.6 Å². The fourth-order valence-corrected chi connectivity index (χ4v) is 14.1. The summed E-state index contributed by atoms with van der Waals surface area (Å²) in [6, 6.07) is -5.49. The second-order valence-electron chi connectivity index (χ2n) is 27.7. The van der Waals surface area contributed by atoms with Gasteiger partial charge in [-0.1, -0.05) is 0 Å². The van der Waals surface area contributed by atoms with Crippen LogP contribution in [0.3, 0.4) is 0 Å². The molecule has 110 heavy (non-hydrogen) atoms. The van der Waals surface area contributed by atoms with Gasteiger partial charge in [-0.05, 0) is 0 Å². The van der Waals surface area contributed by atoms with Crippen LogP contribution in [0, 0.1) is 0 Å². The first kappa shape index (κ1) is 90.6. The predicted octanol–water partition coefficient (Wildman–Crippen LogP) is -19.5. The molecule has 49 heteroatoms. The van der Waals surface area contributed by atoms with Crippen molar-refractivity contribution in [2.24, 2.45) is 0 Å². The van der Waals surface area contributed by atoms with Gasteiger partial charge < -0.3 is 229 Å². The molecule has 9 saturated heterocycles. The molecule has 9 fully saturated rings. The van der Waals surface area contributed by atoms with E-state index in [9.17, 15) is 142 Å². The van der Waals surface area contributed by atoms with Crippen molar-refractivity contribution in [3.05, 3.63) is 0 Å². The summed E-state index contributed by atoms with van der Waals surface area (Å²) in [7, 11) is 1.22. The third-order valence-electron chi connectivity index (χ3n) is 20.1. The molecule has 0 aromatic heterocycles. The summed E-state index contributed by atoms with van der Waals surface area (Å²) in [6.45, 7) is -6.10. The minimum atomic E-state index is -2.57. The molecule has 9 rings (SSSR count). The summed E-state index contributed by atoms with van der Waals surface area (Å²) >= 11 is 0. The Morgan fingerprint density at radius 3 is 0.945 bits per heavy atom. The molecule has 0 spiro atoms. The number of nitrogens with one attached hydrogen (secondary N) is 3. The second-order valence-corrected chi connectivity index (χ2v) is 27.7. The summed E-state index contributed by atoms with van der Waals surface area (Å²) < 4.78 is 105. The van der Waals surface area contributed by atoms with Crippen LogP contribution in [0.5, 0.6) is 0 Å². The number of carbonyl (C=O) groups excluding carboxylic acids is 3. The number of aliphatic hydroxyl groups excluding tert-OH is 25. The maximum atomic E-state index is 13.0. The number of rotatable bonds is 29. The first-order valence-corrected chi connectivity index (χ1v) is 35.0. The van der Waals surface area contributed by atoms with E-state index in [2.05, 4.69) is 16.0 Å². The van der Waals surface area contributed by atoms with Gasteiger partial charge in [0.25, 0.3) is 0 Å². The Hall–Kier alpha value is -3.31. The van der Waals surface area contributed by atoms with E-state index in [-0.39, 0.29) is 6.61 Å². The normalized spacial score (nSPS) is 49.7. The van der Waals surface area contributed by atoms with Gasteiger partial charge in [0.1, 0.15) is 220 Å². The van der Waals surface area contributed by atoms with Gasteiger partial charge in [-0.15, -0.1) is 0 Å². The topological polar surface area (TPSA) is 759 Å². The highest BCUT2D eigenvalue weighted by atomic mass is 16.8. The van der Waals surface area contributed by atoms with Crippen molar-refractivity contribution in [1.82, 2.24) is 16.0 Å². The molecule has 0 saturated carbocycles. The molecule has 0 aromatic rings. The lowest BCUT2D eigenvalue weighted by atomic mass is 9.93. The quantitative estimate of drug-likeness (QED) is 0.0331. The molecule has 638 valence electrons. The van der Waals surface area contributed by atoms with Crippen LogP contribution in [0.1, 0.15) is 20.8 Å². The molecule has 28 N–H and O–H groups in total. The van der Waals surface area contributed by atoms with Gasteiger partial charge in [0.2, 0.25) is 17.7 Å². The highest BCUT2D eigenvalue weighted by molar-refractivity contribution is 5.74. The maximum absolute atomic E-state index is 13.0. The Balaban J connectivity index is 1.05. The smallest absolute Gasteiger partial charge is 0.217 e. The number of methoxy groups -OCH3 is 1. The van der Waals surface area contributed by atoms with Crippen molar-refractivity contribution >= 4 is 17.7 Å². The summed E-state index contributed by atoms with van der Waals surface area (Å²) in [6.07, 6.45) is -86.6. The molecule has 9 aliphatic rings. The molecule has 9 heterocycles. The van der Waals surface area contributed by atoms with Gasteiger partial charge >= 0.3 is 0 Å². The lowest BCUT2D eigenvalue weighted by Gasteiger charge is -2.51. The molecule has 0 aliphatic carbocycles. The Morgan fingerprint density at radius 2 is 0.527 bits per heavy atom. The van der Waals surface area contributed by atoms with E-state index in [0.29, 0.717) is 0 Å². The first-order valence-electron chi connectivity index (χ1n) is 35.0. The van der Waals surface area contributed by atoms with E-state index in [0.717, 1.165) is 20.8 Å². The zero-order chi connectivity index (χ0) is 80.9. The van der Waals surface area contributed by atoms with Crippen LogP contribution >= 0.6 is 0 Å². The van der Waals surface area contributed by atoms with Crippen molar-refractivity contribution in [3.63, 3.8) is 0 Å². The van der Waals surface area contributed by atoms with E-state index < -0.39 is 347 Å². The van der Waals surface area contributed by atoms with Gasteiger partial charge in [0.15, 0.2) is 56.6 Å². The Kier molecular flexibility index (Phi) is 32.7. The summed E-state index contributed by atoms with van der Waals surface area (Å²) in [5, 5.41) is 285. The van der Waals surface area contributed by atoms with E-state index in [4.69, 9.17) is 85.3 Å². The number of hydrogen-bond acceptors (Lipinski definition) is 46. The van der Waals surface area contributed by atoms with Crippen molar-refractivity contribution in [2.45, 2.75) is 297 Å². The minimum Gasteiger partial charge on any atom is -0.394 e. The van der Waals surface area contributed by atoms with Crippen molar-refractivity contribution in [2.75, 3.05) is 66.6 Å². The van der Waals surface area contributed by atoms with E-state index in [1.54, 1.807) is 0 Å². The Labute approximate surface area is 623 Å². The van der Waals surface area contributed by atoms with Crippen molar-refractivity contribution in [3.8, 4) is 0 Å². The van der Waals surface area contributed by atoms with Crippen LogP contribution in [0.25, 0.3) is 0 Å². The third kappa shape index (κ3) is 19.9. The molecule has 0 bridgehead atoms. The maximum Gasteiger partial charge on any atom is 0.217 e. The fraction of sp³-hybridized carbons (Fsp3) is 0.951. The van der Waals surface area contributed by atoms with Crippen molar-refractivity contribution < 1.29 is 227 Å². The number of hydrogen-bond donors (Lipinski definition) is 28. The average Bonchev–Trinajstić information content (AvgIpc) is 0.767. The number of carbonyl (C=O) groups is 3. The van der Waals surface area contributed by atoms with Gasteiger partial charge in [0, 0.05) is 27.9 Å². The van der Waals surface area contributed by atoms with Gasteiger partial charge in [-0.3, -0.25) is 14.4 Å². The number of aliphatic hydroxyl groups is 25. The van der Waals surface area contributed by atoms with Gasteiger partial charge in [0.05, 0.1) is 59.5 Å². The highest BCUT2D eigenvalue weighted by Crippen LogP contribution is 2.40. The molecular formula is C61H103N3O46. The zero-order valence-electron chi connectivity index (χ0n) is 59.1. The lowest BCUT2D eigenvalue weighted by Crippen LogP contribution is -2.71.